The van der Waals surface area contributed by atoms with E-state index >= 15 is 0 Å². The van der Waals surface area contributed by atoms with Gasteiger partial charge in [-0.2, -0.15) is 0 Å². The van der Waals surface area contributed by atoms with Crippen LogP contribution in [0.5, 0.6) is 0 Å². The van der Waals surface area contributed by atoms with E-state index in [0.29, 0.717) is 5.92 Å². The highest BCUT2D eigenvalue weighted by atomic mass is 15.2. The molecular weight excluding hydrogens is 581 g/mol. The summed E-state index contributed by atoms with van der Waals surface area (Å²) in [4.78, 5) is 4.76. The van der Waals surface area contributed by atoms with Gasteiger partial charge in [-0.3, -0.25) is 0 Å². The molecule has 0 aromatic heterocycles. The molecule has 1 unspecified atom stereocenters. The van der Waals surface area contributed by atoms with E-state index in [-0.39, 0.29) is 0 Å². The van der Waals surface area contributed by atoms with E-state index in [1.807, 2.05) is 0 Å². The van der Waals surface area contributed by atoms with Gasteiger partial charge in [-0.15, -0.1) is 0 Å². The third-order valence-corrected chi connectivity index (χ3v) is 8.91. The van der Waals surface area contributed by atoms with Gasteiger partial charge in [0.05, 0.1) is 0 Å². The Morgan fingerprint density at radius 1 is 0.333 bits per heavy atom. The summed E-state index contributed by atoms with van der Waals surface area (Å²) in [5.74, 6) is 0.360. The minimum absolute atomic E-state index is 0.360. The lowest BCUT2D eigenvalue weighted by molar-refractivity contribution is 0.621. The predicted octanol–water partition coefficient (Wildman–Crippen LogP) is 12.6. The van der Waals surface area contributed by atoms with Gasteiger partial charge >= 0.3 is 0 Å². The molecule has 0 saturated heterocycles. The molecule has 0 saturated carbocycles. The Labute approximate surface area is 285 Å². The molecule has 0 amide bonds. The Bertz CT molecular complexity index is 1800. The summed E-state index contributed by atoms with van der Waals surface area (Å²) >= 11 is 0. The van der Waals surface area contributed by atoms with Crippen LogP contribution in [0, 0.1) is 0 Å². The summed E-state index contributed by atoms with van der Waals surface area (Å²) in [7, 11) is 0. The van der Waals surface area contributed by atoms with Crippen LogP contribution >= 0.6 is 0 Å². The van der Waals surface area contributed by atoms with Gasteiger partial charge in [0, 0.05) is 34.1 Å². The molecule has 2 nitrogen and oxygen atoms in total. The summed E-state index contributed by atoms with van der Waals surface area (Å²) in [5.41, 5.74) is 10.8. The molecule has 234 valence electrons. The van der Waals surface area contributed by atoms with Crippen LogP contribution in [0.25, 0.3) is 0 Å². The van der Waals surface area contributed by atoms with Crippen molar-refractivity contribution in [3.05, 3.63) is 217 Å². The highest BCUT2D eigenvalue weighted by molar-refractivity contribution is 5.83. The number of hydrogen-bond acceptors (Lipinski definition) is 2. The number of benzene rings is 7. The largest absolute Gasteiger partial charge is 0.310 e. The van der Waals surface area contributed by atoms with Crippen molar-refractivity contribution < 1.29 is 0 Å². The molecule has 0 aliphatic rings. The number of rotatable bonds is 12. The first kappa shape index (κ1) is 30.8. The lowest BCUT2D eigenvalue weighted by Gasteiger charge is -2.30. The van der Waals surface area contributed by atoms with Crippen molar-refractivity contribution in [3.8, 4) is 0 Å². The SMILES string of the molecule is c1ccc(CCC(Cc2cc(N(c3ccccc3)c3ccccc3)cc(N(c3ccccc3)c3ccccc3)c2)c2ccccc2)cc1. The fourth-order valence-corrected chi connectivity index (χ4v) is 6.62. The van der Waals surface area contributed by atoms with Gasteiger partial charge in [0.1, 0.15) is 0 Å². The number of para-hydroxylation sites is 4. The molecule has 0 aliphatic carbocycles. The Morgan fingerprint density at radius 2 is 0.688 bits per heavy atom. The van der Waals surface area contributed by atoms with Gasteiger partial charge in [-0.25, -0.2) is 0 Å². The van der Waals surface area contributed by atoms with E-state index in [9.17, 15) is 0 Å². The van der Waals surface area contributed by atoms with Crippen molar-refractivity contribution in [2.45, 2.75) is 25.2 Å². The van der Waals surface area contributed by atoms with Gasteiger partial charge in [-0.05, 0) is 109 Å². The fraction of sp³-hybridized carbons (Fsp3) is 0.0870. The maximum Gasteiger partial charge on any atom is 0.0485 e. The number of aryl methyl sites for hydroxylation is 1. The van der Waals surface area contributed by atoms with E-state index in [0.717, 1.165) is 53.4 Å². The Kier molecular flexibility index (Phi) is 9.72. The van der Waals surface area contributed by atoms with E-state index in [4.69, 9.17) is 0 Å². The van der Waals surface area contributed by atoms with Gasteiger partial charge in [0.2, 0.25) is 0 Å². The smallest absolute Gasteiger partial charge is 0.0485 e. The second-order valence-electron chi connectivity index (χ2n) is 12.2. The molecule has 7 rings (SSSR count). The molecule has 48 heavy (non-hydrogen) atoms. The fourth-order valence-electron chi connectivity index (χ4n) is 6.62. The molecule has 7 aromatic carbocycles. The monoisotopic (exact) mass is 620 g/mol. The number of anilines is 6. The van der Waals surface area contributed by atoms with E-state index < -0.39 is 0 Å². The predicted molar refractivity (Wildman–Crippen MR) is 203 cm³/mol. The lowest BCUT2D eigenvalue weighted by atomic mass is 9.86. The zero-order valence-electron chi connectivity index (χ0n) is 27.1. The van der Waals surface area contributed by atoms with Crippen LogP contribution < -0.4 is 9.80 Å². The molecule has 7 aromatic rings. The molecule has 0 spiro atoms. The minimum atomic E-state index is 0.360. The standard InChI is InChI=1S/C46H40N2/c1-7-19-37(20-8-1)31-32-40(39-21-9-2-10-22-39)33-38-34-45(47(41-23-11-3-12-24-41)42-25-13-4-14-26-42)36-46(35-38)48(43-27-15-5-16-28-43)44-29-17-6-18-30-44/h1-30,34-36,40H,31-33H2. The maximum atomic E-state index is 2.40. The average molecular weight is 621 g/mol. The topological polar surface area (TPSA) is 6.48 Å². The minimum Gasteiger partial charge on any atom is -0.310 e. The summed E-state index contributed by atoms with van der Waals surface area (Å²) in [6.07, 6.45) is 3.02. The molecule has 0 bridgehead atoms. The van der Waals surface area contributed by atoms with Crippen molar-refractivity contribution in [1.29, 1.82) is 0 Å². The lowest BCUT2D eigenvalue weighted by Crippen LogP contribution is -2.14. The van der Waals surface area contributed by atoms with Crippen LogP contribution in [0.1, 0.15) is 29.0 Å². The molecule has 0 N–H and O–H groups in total. The highest BCUT2D eigenvalue weighted by Crippen LogP contribution is 2.42. The molecule has 0 radical (unpaired) electrons. The third-order valence-electron chi connectivity index (χ3n) is 8.91. The highest BCUT2D eigenvalue weighted by Gasteiger charge is 2.20. The molecule has 2 heteroatoms. The van der Waals surface area contributed by atoms with Crippen LogP contribution in [0.15, 0.2) is 200 Å². The zero-order valence-corrected chi connectivity index (χ0v) is 27.1. The van der Waals surface area contributed by atoms with E-state index in [1.165, 1.54) is 16.7 Å². The second kappa shape index (κ2) is 15.2. The van der Waals surface area contributed by atoms with Gasteiger partial charge in [0.15, 0.2) is 0 Å². The Balaban J connectivity index is 1.38. The first-order valence-corrected chi connectivity index (χ1v) is 16.9. The first-order chi connectivity index (χ1) is 23.8. The summed E-state index contributed by atoms with van der Waals surface area (Å²) in [6.45, 7) is 0. The van der Waals surface area contributed by atoms with Crippen molar-refractivity contribution in [2.75, 3.05) is 9.80 Å². The van der Waals surface area contributed by atoms with Crippen molar-refractivity contribution in [1.82, 2.24) is 0 Å². The van der Waals surface area contributed by atoms with Gasteiger partial charge < -0.3 is 9.80 Å². The zero-order chi connectivity index (χ0) is 32.4. The normalized spacial score (nSPS) is 11.5. The maximum absolute atomic E-state index is 2.40. The quantitative estimate of drug-likeness (QED) is 0.134. The molecule has 0 fully saturated rings. The average Bonchev–Trinajstić information content (AvgIpc) is 3.16. The van der Waals surface area contributed by atoms with Gasteiger partial charge in [0.25, 0.3) is 0 Å². The van der Waals surface area contributed by atoms with Crippen LogP contribution in [-0.4, -0.2) is 0 Å². The first-order valence-electron chi connectivity index (χ1n) is 16.9. The molecular formula is C46H40N2. The Hall–Kier alpha value is -5.86. The van der Waals surface area contributed by atoms with Crippen LogP contribution in [0.2, 0.25) is 0 Å². The summed E-state index contributed by atoms with van der Waals surface area (Å²) in [6, 6.07) is 71.9. The van der Waals surface area contributed by atoms with Crippen LogP contribution in [-0.2, 0) is 12.8 Å². The third kappa shape index (κ3) is 7.40. The van der Waals surface area contributed by atoms with Crippen LogP contribution in [0.4, 0.5) is 34.1 Å². The second-order valence-corrected chi connectivity index (χ2v) is 12.2. The van der Waals surface area contributed by atoms with Gasteiger partial charge in [-0.1, -0.05) is 133 Å². The molecule has 0 aliphatic heterocycles. The van der Waals surface area contributed by atoms with Crippen molar-refractivity contribution in [3.63, 3.8) is 0 Å². The van der Waals surface area contributed by atoms with Crippen molar-refractivity contribution >= 4 is 34.1 Å². The Morgan fingerprint density at radius 3 is 1.08 bits per heavy atom. The molecule has 1 atom stereocenters. The summed E-state index contributed by atoms with van der Waals surface area (Å²) in [5, 5.41) is 0. The van der Waals surface area contributed by atoms with Crippen molar-refractivity contribution in [2.24, 2.45) is 0 Å². The molecule has 0 heterocycles. The van der Waals surface area contributed by atoms with E-state index in [2.05, 4.69) is 210 Å². The number of hydrogen-bond donors (Lipinski definition) is 0. The number of nitrogens with zero attached hydrogens (tertiary/aromatic N) is 2. The summed E-state index contributed by atoms with van der Waals surface area (Å²) < 4.78 is 0. The van der Waals surface area contributed by atoms with Crippen LogP contribution in [0.3, 0.4) is 0 Å². The van der Waals surface area contributed by atoms with E-state index in [1.54, 1.807) is 0 Å².